The third-order valence-corrected chi connectivity index (χ3v) is 5.69. The topological polar surface area (TPSA) is 86.3 Å². The predicted octanol–water partition coefficient (Wildman–Crippen LogP) is 2.52. The molecule has 120 valence electrons. The molecule has 2 N–H and O–H groups in total. The van der Waals surface area contributed by atoms with Crippen LogP contribution in [0.3, 0.4) is 0 Å². The second kappa shape index (κ2) is 5.19. The monoisotopic (exact) mass is 331 g/mol. The van der Waals surface area contributed by atoms with Gasteiger partial charge in [0, 0.05) is 29.2 Å². The zero-order chi connectivity index (χ0) is 16.1. The fourth-order valence-electron chi connectivity index (χ4n) is 3.87. The van der Waals surface area contributed by atoms with Gasteiger partial charge >= 0.3 is 5.97 Å². The number of nitrogens with one attached hydrogen (secondary N) is 1. The fourth-order valence-corrected chi connectivity index (χ4v) is 4.49. The molecule has 23 heavy (non-hydrogen) atoms. The molecule has 0 spiro atoms. The minimum Gasteiger partial charge on any atom is -0.481 e. The summed E-state index contributed by atoms with van der Waals surface area (Å²) in [6, 6.07) is 1.70. The molecule has 2 aliphatic rings. The summed E-state index contributed by atoms with van der Waals surface area (Å²) in [4.78, 5) is 33.4. The van der Waals surface area contributed by atoms with Crippen molar-refractivity contribution in [3.63, 3.8) is 0 Å². The largest absolute Gasteiger partial charge is 0.481 e. The van der Waals surface area contributed by atoms with Crippen molar-refractivity contribution in [2.24, 2.45) is 5.92 Å². The third kappa shape index (κ3) is 2.26. The van der Waals surface area contributed by atoms with E-state index in [1.54, 1.807) is 22.4 Å². The molecular formula is C16H17N3O3S. The molecule has 6 nitrogen and oxygen atoms in total. The molecule has 2 aliphatic heterocycles. The molecule has 0 saturated carbocycles. The van der Waals surface area contributed by atoms with E-state index in [4.69, 9.17) is 0 Å². The maximum Gasteiger partial charge on any atom is 0.308 e. The summed E-state index contributed by atoms with van der Waals surface area (Å²) in [7, 11) is 0. The highest BCUT2D eigenvalue weighted by Gasteiger charge is 2.51. The Labute approximate surface area is 137 Å². The molecule has 3 atom stereocenters. The van der Waals surface area contributed by atoms with E-state index in [2.05, 4.69) is 9.97 Å². The number of carboxylic acids is 1. The van der Waals surface area contributed by atoms with Gasteiger partial charge in [0.05, 0.1) is 16.6 Å². The Morgan fingerprint density at radius 3 is 2.91 bits per heavy atom. The number of nitrogens with zero attached hydrogens (tertiary/aromatic N) is 2. The lowest BCUT2D eigenvalue weighted by Gasteiger charge is -2.22. The summed E-state index contributed by atoms with van der Waals surface area (Å²) in [5.74, 6) is -1.31. The lowest BCUT2D eigenvalue weighted by molar-refractivity contribution is -0.142. The van der Waals surface area contributed by atoms with Crippen LogP contribution in [-0.4, -0.2) is 43.9 Å². The van der Waals surface area contributed by atoms with E-state index < -0.39 is 11.9 Å². The third-order valence-electron chi connectivity index (χ3n) is 4.92. The molecule has 4 heterocycles. The number of hydrogen-bond acceptors (Lipinski definition) is 4. The molecule has 0 aliphatic carbocycles. The molecule has 2 bridgehead atoms. The van der Waals surface area contributed by atoms with Crippen LogP contribution < -0.4 is 0 Å². The van der Waals surface area contributed by atoms with Crippen LogP contribution in [0.15, 0.2) is 17.6 Å². The van der Waals surface area contributed by atoms with Crippen LogP contribution in [0, 0.1) is 12.8 Å². The Kier molecular flexibility index (Phi) is 3.26. The van der Waals surface area contributed by atoms with Crippen LogP contribution in [0.2, 0.25) is 0 Å². The van der Waals surface area contributed by atoms with E-state index >= 15 is 0 Å². The maximum absolute atomic E-state index is 12.8. The average Bonchev–Trinajstić information content (AvgIpc) is 3.28. The fraction of sp³-hybridized carbons (Fsp3) is 0.438. The summed E-state index contributed by atoms with van der Waals surface area (Å²) in [6.07, 6.45) is 4.05. The highest BCUT2D eigenvalue weighted by atomic mass is 32.1. The van der Waals surface area contributed by atoms with E-state index in [0.29, 0.717) is 12.1 Å². The van der Waals surface area contributed by atoms with Crippen LogP contribution in [0.5, 0.6) is 0 Å². The van der Waals surface area contributed by atoms with Crippen molar-refractivity contribution < 1.29 is 14.7 Å². The summed E-state index contributed by atoms with van der Waals surface area (Å²) < 4.78 is 0. The Hall–Kier alpha value is -2.15. The predicted molar refractivity (Wildman–Crippen MR) is 85.4 cm³/mol. The number of aromatic amines is 1. The van der Waals surface area contributed by atoms with Crippen molar-refractivity contribution >= 4 is 23.2 Å². The summed E-state index contributed by atoms with van der Waals surface area (Å²) in [6.45, 7) is 1.95. The standard InChI is InChI=1S/C16H17N3O3S/c1-8-18-13(7-23-8)9-4-12(17-6-9)15(20)19-10-2-3-14(19)11(5-10)16(21)22/h4,6-7,10-11,14,17H,2-3,5H2,1H3,(H,21,22)/t10-,11-,14+/m1/s1. The van der Waals surface area contributed by atoms with Gasteiger partial charge in [-0.25, -0.2) is 4.98 Å². The van der Waals surface area contributed by atoms with Crippen molar-refractivity contribution in [3.8, 4) is 11.3 Å². The number of carbonyl (C=O) groups excluding carboxylic acids is 1. The van der Waals surface area contributed by atoms with Crippen molar-refractivity contribution in [1.82, 2.24) is 14.9 Å². The molecule has 0 radical (unpaired) electrons. The number of amides is 1. The van der Waals surface area contributed by atoms with E-state index in [-0.39, 0.29) is 18.0 Å². The Morgan fingerprint density at radius 2 is 2.26 bits per heavy atom. The first-order valence-corrected chi connectivity index (χ1v) is 8.59. The Morgan fingerprint density at radius 1 is 1.43 bits per heavy atom. The summed E-state index contributed by atoms with van der Waals surface area (Å²) in [5, 5.41) is 12.3. The first-order chi connectivity index (χ1) is 11.0. The number of rotatable bonds is 3. The molecule has 4 rings (SSSR count). The molecular weight excluding hydrogens is 314 g/mol. The quantitative estimate of drug-likeness (QED) is 0.905. The average molecular weight is 331 g/mol. The second-order valence-corrected chi connectivity index (χ2v) is 7.31. The number of aryl methyl sites for hydroxylation is 1. The lowest BCUT2D eigenvalue weighted by Crippen LogP contribution is -2.38. The van der Waals surface area contributed by atoms with E-state index in [0.717, 1.165) is 29.1 Å². The van der Waals surface area contributed by atoms with Gasteiger partial charge in [0.2, 0.25) is 0 Å². The Bertz CT molecular complexity index is 781. The number of hydrogen-bond donors (Lipinski definition) is 2. The highest BCUT2D eigenvalue weighted by molar-refractivity contribution is 7.09. The van der Waals surface area contributed by atoms with E-state index in [1.807, 2.05) is 18.4 Å². The number of thiazole rings is 1. The van der Waals surface area contributed by atoms with Gasteiger partial charge in [-0.1, -0.05) is 0 Å². The zero-order valence-corrected chi connectivity index (χ0v) is 13.5. The number of carbonyl (C=O) groups is 2. The van der Waals surface area contributed by atoms with Gasteiger partial charge in [-0.2, -0.15) is 0 Å². The number of fused-ring (bicyclic) bond motifs is 2. The van der Waals surface area contributed by atoms with Gasteiger partial charge in [-0.05, 0) is 32.3 Å². The van der Waals surface area contributed by atoms with Gasteiger partial charge < -0.3 is 15.0 Å². The van der Waals surface area contributed by atoms with Crippen LogP contribution >= 0.6 is 11.3 Å². The van der Waals surface area contributed by atoms with Crippen molar-refractivity contribution in [2.45, 2.75) is 38.3 Å². The van der Waals surface area contributed by atoms with Crippen LogP contribution in [0.25, 0.3) is 11.3 Å². The molecule has 2 aromatic rings. The highest BCUT2D eigenvalue weighted by Crippen LogP contribution is 2.42. The van der Waals surface area contributed by atoms with E-state index in [9.17, 15) is 14.7 Å². The molecule has 2 saturated heterocycles. The molecule has 2 fully saturated rings. The van der Waals surface area contributed by atoms with Crippen molar-refractivity contribution in [3.05, 3.63) is 28.3 Å². The smallest absolute Gasteiger partial charge is 0.308 e. The van der Waals surface area contributed by atoms with Crippen molar-refractivity contribution in [2.75, 3.05) is 0 Å². The Balaban J connectivity index is 1.58. The van der Waals surface area contributed by atoms with E-state index in [1.165, 1.54) is 0 Å². The van der Waals surface area contributed by atoms with Crippen molar-refractivity contribution in [1.29, 1.82) is 0 Å². The molecule has 7 heteroatoms. The zero-order valence-electron chi connectivity index (χ0n) is 12.7. The minimum absolute atomic E-state index is 0.0573. The van der Waals surface area contributed by atoms with Gasteiger partial charge in [-0.15, -0.1) is 11.3 Å². The normalized spacial score (nSPS) is 26.0. The minimum atomic E-state index is -0.792. The first kappa shape index (κ1) is 14.4. The van der Waals surface area contributed by atoms with Gasteiger partial charge in [0.15, 0.2) is 0 Å². The maximum atomic E-state index is 12.8. The van der Waals surface area contributed by atoms with Gasteiger partial charge in [0.25, 0.3) is 5.91 Å². The molecule has 0 aromatic carbocycles. The van der Waals surface area contributed by atoms with Gasteiger partial charge in [0.1, 0.15) is 5.69 Å². The second-order valence-electron chi connectivity index (χ2n) is 6.25. The SMILES string of the molecule is Cc1nc(-c2c[nH]c(C(=O)N3[C@@H]4CC[C@H]3[C@H](C(=O)O)C4)c2)cs1. The number of H-pyrrole nitrogens is 1. The lowest BCUT2D eigenvalue weighted by atomic mass is 9.89. The molecule has 0 unspecified atom stereocenters. The number of carboxylic acid groups (broad SMARTS) is 1. The molecule has 1 amide bonds. The van der Waals surface area contributed by atoms with Crippen LogP contribution in [0.4, 0.5) is 0 Å². The summed E-state index contributed by atoms with van der Waals surface area (Å²) >= 11 is 1.57. The first-order valence-electron chi connectivity index (χ1n) is 7.71. The molecule has 2 aromatic heterocycles. The summed E-state index contributed by atoms with van der Waals surface area (Å²) in [5.41, 5.74) is 2.25. The number of aliphatic carboxylic acids is 1. The van der Waals surface area contributed by atoms with Gasteiger partial charge in [-0.3, -0.25) is 9.59 Å². The van der Waals surface area contributed by atoms with Crippen LogP contribution in [0.1, 0.15) is 34.8 Å². The van der Waals surface area contributed by atoms with Crippen LogP contribution in [-0.2, 0) is 4.79 Å². The number of aromatic nitrogens is 2.